The smallest absolute Gasteiger partial charge is 0.330 e. The maximum absolute atomic E-state index is 13.0. The van der Waals surface area contributed by atoms with E-state index < -0.39 is 25.1 Å². The molecule has 5 nitrogen and oxygen atoms in total. The van der Waals surface area contributed by atoms with Crippen molar-refractivity contribution in [1.82, 2.24) is 9.55 Å². The second-order valence-electron chi connectivity index (χ2n) is 6.11. The molecular weight excluding hydrogens is 279 g/mol. The molecule has 0 aromatic carbocycles. The Morgan fingerprint density at radius 3 is 2.60 bits per heavy atom. The molecule has 0 saturated carbocycles. The van der Waals surface area contributed by atoms with Crippen LogP contribution in [-0.4, -0.2) is 24.2 Å². The minimum absolute atomic E-state index is 0.0411. The van der Waals surface area contributed by atoms with Gasteiger partial charge in [0.05, 0.1) is 6.20 Å². The third-order valence-corrected chi connectivity index (χ3v) is 4.77. The molecule has 1 aromatic rings. The molecule has 1 aromatic heterocycles. The van der Waals surface area contributed by atoms with Gasteiger partial charge in [0.15, 0.2) is 0 Å². The lowest BCUT2D eigenvalue weighted by Gasteiger charge is -2.14. The Morgan fingerprint density at radius 2 is 1.95 bits per heavy atom. The van der Waals surface area contributed by atoms with Crippen LogP contribution in [0.15, 0.2) is 15.8 Å². The zero-order valence-electron chi connectivity index (χ0n) is 12.4. The zero-order valence-corrected chi connectivity index (χ0v) is 13.4. The summed E-state index contributed by atoms with van der Waals surface area (Å²) in [6, 6.07) is 1.30. The molecule has 20 heavy (non-hydrogen) atoms. The van der Waals surface area contributed by atoms with Crippen LogP contribution in [0.5, 0.6) is 0 Å². The Kier molecular flexibility index (Phi) is 6.35. The molecule has 0 atom stereocenters. The van der Waals surface area contributed by atoms with Crippen LogP contribution in [0.4, 0.5) is 4.39 Å². The maximum atomic E-state index is 13.0. The van der Waals surface area contributed by atoms with Crippen molar-refractivity contribution >= 4 is 8.07 Å². The second-order valence-corrected chi connectivity index (χ2v) is 11.7. The largest absolute Gasteiger partial charge is 0.361 e. The van der Waals surface area contributed by atoms with E-state index in [-0.39, 0.29) is 6.73 Å². The normalized spacial score (nSPS) is 11.8. The average molecular weight is 302 g/mol. The van der Waals surface area contributed by atoms with E-state index in [1.807, 2.05) is 4.98 Å². The number of rotatable bonds is 8. The van der Waals surface area contributed by atoms with Gasteiger partial charge in [0.2, 0.25) is 5.82 Å². The molecule has 0 amide bonds. The molecule has 0 spiro atoms. The second kappa shape index (κ2) is 7.54. The highest BCUT2D eigenvalue weighted by atomic mass is 28.3. The summed E-state index contributed by atoms with van der Waals surface area (Å²) in [5.74, 6) is -0.983. The first kappa shape index (κ1) is 16.8. The van der Waals surface area contributed by atoms with Crippen molar-refractivity contribution in [2.45, 2.75) is 51.7 Å². The van der Waals surface area contributed by atoms with Crippen LogP contribution < -0.4 is 11.2 Å². The summed E-state index contributed by atoms with van der Waals surface area (Å²) in [5.41, 5.74) is -1.66. The van der Waals surface area contributed by atoms with Gasteiger partial charge in [-0.3, -0.25) is 14.3 Å². The molecule has 0 fully saturated rings. The summed E-state index contributed by atoms with van der Waals surface area (Å²) < 4.78 is 19.3. The van der Waals surface area contributed by atoms with Crippen molar-refractivity contribution in [3.8, 4) is 0 Å². The molecule has 0 saturated heterocycles. The lowest BCUT2D eigenvalue weighted by Crippen LogP contribution is -2.32. The fraction of sp³-hybridized carbons (Fsp3) is 0.692. The van der Waals surface area contributed by atoms with E-state index in [4.69, 9.17) is 4.74 Å². The molecule has 0 unspecified atom stereocenters. The van der Waals surface area contributed by atoms with E-state index in [0.717, 1.165) is 23.6 Å². The Bertz CT molecular complexity index is 534. The van der Waals surface area contributed by atoms with E-state index >= 15 is 0 Å². The lowest BCUT2D eigenvalue weighted by molar-refractivity contribution is 0.0701. The van der Waals surface area contributed by atoms with Crippen molar-refractivity contribution in [3.05, 3.63) is 32.9 Å². The van der Waals surface area contributed by atoms with Crippen LogP contribution in [-0.2, 0) is 11.5 Å². The summed E-state index contributed by atoms with van der Waals surface area (Å²) in [6.45, 7) is 7.53. The molecule has 0 aliphatic carbocycles. The van der Waals surface area contributed by atoms with Gasteiger partial charge in [-0.15, -0.1) is 0 Å². The van der Waals surface area contributed by atoms with Gasteiger partial charge < -0.3 is 4.74 Å². The molecule has 0 bridgehead atoms. The van der Waals surface area contributed by atoms with Crippen LogP contribution >= 0.6 is 0 Å². The lowest BCUT2D eigenvalue weighted by atomic mass is 10.3. The topological polar surface area (TPSA) is 64.1 Å². The number of ether oxygens (including phenoxy) is 1. The van der Waals surface area contributed by atoms with Crippen molar-refractivity contribution in [1.29, 1.82) is 0 Å². The van der Waals surface area contributed by atoms with Crippen LogP contribution in [0, 0.1) is 5.82 Å². The highest BCUT2D eigenvalue weighted by molar-refractivity contribution is 6.76. The average Bonchev–Trinajstić information content (AvgIpc) is 2.32. The molecule has 1 heterocycles. The molecule has 1 N–H and O–H groups in total. The number of unbranched alkanes of at least 4 members (excludes halogenated alkanes) is 2. The van der Waals surface area contributed by atoms with E-state index in [1.165, 1.54) is 12.5 Å². The van der Waals surface area contributed by atoms with Crippen molar-refractivity contribution in [2.24, 2.45) is 0 Å². The minimum Gasteiger partial charge on any atom is -0.361 e. The van der Waals surface area contributed by atoms with Gasteiger partial charge in [0.25, 0.3) is 5.56 Å². The zero-order chi connectivity index (χ0) is 15.2. The van der Waals surface area contributed by atoms with Gasteiger partial charge in [0.1, 0.15) is 6.73 Å². The van der Waals surface area contributed by atoms with E-state index in [1.54, 1.807) is 0 Å². The fourth-order valence-corrected chi connectivity index (χ4v) is 3.09. The van der Waals surface area contributed by atoms with Crippen molar-refractivity contribution in [3.63, 3.8) is 0 Å². The molecule has 1 rings (SSSR count). The Hall–Kier alpha value is -1.21. The molecule has 0 aliphatic heterocycles. The number of aromatic nitrogens is 2. The monoisotopic (exact) mass is 302 g/mol. The highest BCUT2D eigenvalue weighted by Crippen LogP contribution is 2.13. The molecular formula is C13H23FN2O3Si. The Balaban J connectivity index is 2.24. The molecule has 114 valence electrons. The SMILES string of the molecule is C[Si](C)(C)CCCCCOCn1cc(F)c(=O)[nH]c1=O. The molecule has 0 aliphatic rings. The first-order valence-corrected chi connectivity index (χ1v) is 10.6. The maximum Gasteiger partial charge on any atom is 0.330 e. The standard InChI is InChI=1S/C13H23FN2O3Si/c1-20(2,3)8-6-4-5-7-19-10-16-9-11(14)12(17)15-13(16)18/h9H,4-8,10H2,1-3H3,(H,15,17,18). The van der Waals surface area contributed by atoms with Gasteiger partial charge >= 0.3 is 5.69 Å². The Labute approximate surface area is 118 Å². The number of nitrogens with zero attached hydrogens (tertiary/aromatic N) is 1. The Morgan fingerprint density at radius 1 is 1.25 bits per heavy atom. The number of aromatic amines is 1. The van der Waals surface area contributed by atoms with Crippen molar-refractivity contribution in [2.75, 3.05) is 6.61 Å². The van der Waals surface area contributed by atoms with E-state index in [2.05, 4.69) is 19.6 Å². The summed E-state index contributed by atoms with van der Waals surface area (Å²) in [6.07, 6.45) is 4.09. The molecule has 0 radical (unpaired) electrons. The number of hydrogen-bond donors (Lipinski definition) is 1. The highest BCUT2D eigenvalue weighted by Gasteiger charge is 2.11. The quantitative estimate of drug-likeness (QED) is 0.591. The third-order valence-electron chi connectivity index (χ3n) is 2.91. The van der Waals surface area contributed by atoms with Gasteiger partial charge in [-0.2, -0.15) is 4.39 Å². The summed E-state index contributed by atoms with van der Waals surface area (Å²) in [5, 5.41) is 0. The van der Waals surface area contributed by atoms with Crippen molar-refractivity contribution < 1.29 is 9.13 Å². The number of hydrogen-bond acceptors (Lipinski definition) is 3. The summed E-state index contributed by atoms with van der Waals surface area (Å²) >= 11 is 0. The fourth-order valence-electron chi connectivity index (χ4n) is 1.78. The van der Waals surface area contributed by atoms with Crippen LogP contribution in [0.3, 0.4) is 0 Å². The first-order valence-electron chi connectivity index (χ1n) is 6.86. The number of H-pyrrole nitrogens is 1. The number of halogens is 1. The van der Waals surface area contributed by atoms with Gasteiger partial charge in [0, 0.05) is 14.7 Å². The van der Waals surface area contributed by atoms with Gasteiger partial charge in [-0.25, -0.2) is 4.79 Å². The molecule has 7 heteroatoms. The van der Waals surface area contributed by atoms with E-state index in [0.29, 0.717) is 6.61 Å². The third kappa shape index (κ3) is 6.29. The predicted molar refractivity (Wildman–Crippen MR) is 79.2 cm³/mol. The summed E-state index contributed by atoms with van der Waals surface area (Å²) in [4.78, 5) is 24.1. The first-order chi connectivity index (χ1) is 9.29. The minimum atomic E-state index is -1.00. The van der Waals surface area contributed by atoms with Crippen LogP contribution in [0.1, 0.15) is 19.3 Å². The van der Waals surface area contributed by atoms with Crippen LogP contribution in [0.2, 0.25) is 25.7 Å². The van der Waals surface area contributed by atoms with Gasteiger partial charge in [-0.05, 0) is 6.42 Å². The predicted octanol–water partition coefficient (Wildman–Crippen LogP) is 2.16. The van der Waals surface area contributed by atoms with Crippen LogP contribution in [0.25, 0.3) is 0 Å². The number of nitrogens with one attached hydrogen (secondary N) is 1. The van der Waals surface area contributed by atoms with Gasteiger partial charge in [-0.1, -0.05) is 38.5 Å². The summed E-state index contributed by atoms with van der Waals surface area (Å²) in [7, 11) is -0.959. The van der Waals surface area contributed by atoms with E-state index in [9.17, 15) is 14.0 Å².